The van der Waals surface area contributed by atoms with Crippen LogP contribution in [-0.2, 0) is 10.1 Å². The molecule has 92 valence electrons. The van der Waals surface area contributed by atoms with Crippen molar-refractivity contribution in [3.05, 3.63) is 0 Å². The molecule has 1 atom stereocenters. The molecule has 0 rings (SSSR count). The van der Waals surface area contributed by atoms with Crippen molar-refractivity contribution in [1.29, 1.82) is 0 Å². The summed E-state index contributed by atoms with van der Waals surface area (Å²) in [5.41, 5.74) is 0. The molecule has 16 heavy (non-hydrogen) atoms. The van der Waals surface area contributed by atoms with Gasteiger partial charge < -0.3 is 4.55 Å². The first-order valence-corrected chi connectivity index (χ1v) is 6.11. The molecule has 3 nitrogen and oxygen atoms in total. The van der Waals surface area contributed by atoms with Crippen molar-refractivity contribution < 1.29 is 55.7 Å². The molecule has 0 aromatic heterocycles. The maximum absolute atomic E-state index is 12.8. The Balaban J connectivity index is 0. The molecule has 0 aliphatic rings. The molecule has 0 heterocycles. The van der Waals surface area contributed by atoms with E-state index >= 15 is 0 Å². The Morgan fingerprint density at radius 1 is 1.25 bits per heavy atom. The minimum absolute atomic E-state index is 0. The van der Waals surface area contributed by atoms with Gasteiger partial charge in [0, 0.05) is 0 Å². The predicted octanol–water partition coefficient (Wildman–Crippen LogP) is -0.563. The van der Waals surface area contributed by atoms with E-state index in [0.717, 1.165) is 12.8 Å². The summed E-state index contributed by atoms with van der Waals surface area (Å²) in [4.78, 5) is 0. The van der Waals surface area contributed by atoms with Crippen molar-refractivity contribution in [1.82, 2.24) is 0 Å². The molecule has 1 unspecified atom stereocenters. The van der Waals surface area contributed by atoms with Crippen molar-refractivity contribution in [2.45, 2.75) is 50.5 Å². The normalized spacial score (nSPS) is 14.3. The zero-order valence-electron chi connectivity index (χ0n) is 9.38. The van der Waals surface area contributed by atoms with Crippen LogP contribution in [0.4, 0.5) is 13.2 Å². The van der Waals surface area contributed by atoms with Crippen molar-refractivity contribution in [3.8, 4) is 0 Å². The van der Waals surface area contributed by atoms with E-state index in [1.54, 1.807) is 0 Å². The summed E-state index contributed by atoms with van der Waals surface area (Å²) in [7, 11) is -5.90. The number of hydrogen-bond acceptors (Lipinski definition) is 3. The fourth-order valence-electron chi connectivity index (χ4n) is 1.07. The van der Waals surface area contributed by atoms with Gasteiger partial charge in [0.15, 0.2) is 16.3 Å². The molecule has 0 spiro atoms. The van der Waals surface area contributed by atoms with Gasteiger partial charge in [-0.05, 0) is 6.42 Å². The van der Waals surface area contributed by atoms with Gasteiger partial charge in [-0.3, -0.25) is 0 Å². The summed E-state index contributed by atoms with van der Waals surface area (Å²) in [6.07, 6.45) is -1.19. The van der Waals surface area contributed by atoms with Crippen LogP contribution in [0.2, 0.25) is 0 Å². The SMILES string of the molecule is CCCCCCC(F)C(F)(F)S(=O)(=O)[O-].[Na+]. The van der Waals surface area contributed by atoms with E-state index in [0.29, 0.717) is 6.42 Å². The summed E-state index contributed by atoms with van der Waals surface area (Å²) in [5.74, 6) is 0. The first-order valence-electron chi connectivity index (χ1n) is 4.70. The molecule has 0 radical (unpaired) electrons. The molecule has 0 aliphatic carbocycles. The van der Waals surface area contributed by atoms with Crippen LogP contribution in [0.15, 0.2) is 0 Å². The fourth-order valence-corrected chi connectivity index (χ4v) is 1.51. The van der Waals surface area contributed by atoms with Crippen LogP contribution in [-0.4, -0.2) is 24.4 Å². The first kappa shape index (κ1) is 19.0. The Morgan fingerprint density at radius 3 is 2.12 bits per heavy atom. The Hall–Kier alpha value is 0.700. The molecule has 0 saturated heterocycles. The number of rotatable bonds is 7. The summed E-state index contributed by atoms with van der Waals surface area (Å²) in [6.45, 7) is 1.89. The molecule has 0 saturated carbocycles. The van der Waals surface area contributed by atoms with E-state index < -0.39 is 28.0 Å². The number of unbranched alkanes of at least 4 members (excludes halogenated alkanes) is 3. The molecule has 0 fully saturated rings. The van der Waals surface area contributed by atoms with E-state index in [4.69, 9.17) is 0 Å². The minimum Gasteiger partial charge on any atom is -0.743 e. The summed E-state index contributed by atoms with van der Waals surface area (Å²) >= 11 is 0. The van der Waals surface area contributed by atoms with Gasteiger partial charge in [0.05, 0.1) is 0 Å². The van der Waals surface area contributed by atoms with Crippen LogP contribution in [0.25, 0.3) is 0 Å². The predicted molar refractivity (Wildman–Crippen MR) is 48.3 cm³/mol. The molecule has 0 aliphatic heterocycles. The quantitative estimate of drug-likeness (QED) is 0.354. The average molecular weight is 270 g/mol. The summed E-state index contributed by atoms with van der Waals surface area (Å²) in [5, 5.41) is -4.81. The number of halogens is 3. The van der Waals surface area contributed by atoms with Gasteiger partial charge >= 0.3 is 34.8 Å². The van der Waals surface area contributed by atoms with Crippen molar-refractivity contribution >= 4 is 10.1 Å². The second kappa shape index (κ2) is 7.92. The van der Waals surface area contributed by atoms with Crippen molar-refractivity contribution in [2.75, 3.05) is 0 Å². The van der Waals surface area contributed by atoms with Gasteiger partial charge in [0.2, 0.25) is 0 Å². The van der Waals surface area contributed by atoms with E-state index in [9.17, 15) is 26.1 Å². The molecular formula is C8H14F3NaO3S. The third-order valence-corrected chi connectivity index (χ3v) is 2.93. The van der Waals surface area contributed by atoms with E-state index in [1.165, 1.54) is 0 Å². The van der Waals surface area contributed by atoms with Crippen molar-refractivity contribution in [3.63, 3.8) is 0 Å². The number of alkyl halides is 3. The van der Waals surface area contributed by atoms with Crippen LogP contribution < -0.4 is 29.6 Å². The molecule has 0 aromatic rings. The van der Waals surface area contributed by atoms with Gasteiger partial charge in [-0.1, -0.05) is 32.6 Å². The Bertz CT molecular complexity index is 282. The second-order valence-corrected chi connectivity index (χ2v) is 4.79. The Morgan fingerprint density at radius 2 is 1.75 bits per heavy atom. The minimum atomic E-state index is -5.90. The first-order chi connectivity index (χ1) is 6.73. The largest absolute Gasteiger partial charge is 1.00 e. The molecule has 8 heteroatoms. The average Bonchev–Trinajstić information content (AvgIpc) is 2.10. The van der Waals surface area contributed by atoms with Gasteiger partial charge in [-0.25, -0.2) is 12.8 Å². The molecule has 0 bridgehead atoms. The molecule has 0 N–H and O–H groups in total. The van der Waals surface area contributed by atoms with Gasteiger partial charge in [-0.2, -0.15) is 8.78 Å². The second-order valence-electron chi connectivity index (χ2n) is 3.33. The Labute approximate surface area is 116 Å². The van der Waals surface area contributed by atoms with Crippen LogP contribution in [0, 0.1) is 0 Å². The smallest absolute Gasteiger partial charge is 0.743 e. The number of hydrogen-bond donors (Lipinski definition) is 0. The van der Waals surface area contributed by atoms with Crippen LogP contribution in [0.3, 0.4) is 0 Å². The summed E-state index contributed by atoms with van der Waals surface area (Å²) < 4.78 is 68.0. The standard InChI is InChI=1S/C8H15F3O3S.Na/c1-2-3-4-5-6-7(9)8(10,11)15(12,13)14;/h7H,2-6H2,1H3,(H,12,13,14);/q;+1/p-1. The molecular weight excluding hydrogens is 256 g/mol. The van der Waals surface area contributed by atoms with Crippen LogP contribution in [0.1, 0.15) is 39.0 Å². The van der Waals surface area contributed by atoms with E-state index in [1.807, 2.05) is 6.92 Å². The maximum Gasteiger partial charge on any atom is 1.00 e. The van der Waals surface area contributed by atoms with Crippen molar-refractivity contribution in [2.24, 2.45) is 0 Å². The van der Waals surface area contributed by atoms with Crippen LogP contribution in [0.5, 0.6) is 0 Å². The van der Waals surface area contributed by atoms with Gasteiger partial charge in [0.25, 0.3) is 0 Å². The topological polar surface area (TPSA) is 57.2 Å². The maximum atomic E-state index is 12.8. The third-order valence-electron chi connectivity index (χ3n) is 2.01. The molecule has 0 amide bonds. The summed E-state index contributed by atoms with van der Waals surface area (Å²) in [6, 6.07) is 0. The monoisotopic (exact) mass is 270 g/mol. The zero-order chi connectivity index (χ0) is 12.1. The van der Waals surface area contributed by atoms with E-state index in [2.05, 4.69) is 0 Å². The van der Waals surface area contributed by atoms with E-state index in [-0.39, 0.29) is 36.0 Å². The Kier molecular flexibility index (Phi) is 9.43. The fraction of sp³-hybridized carbons (Fsp3) is 1.00. The van der Waals surface area contributed by atoms with Gasteiger partial charge in [-0.15, -0.1) is 0 Å². The third kappa shape index (κ3) is 5.86. The van der Waals surface area contributed by atoms with Gasteiger partial charge in [0.1, 0.15) is 0 Å². The molecule has 0 aromatic carbocycles. The van der Waals surface area contributed by atoms with Crippen LogP contribution >= 0.6 is 0 Å². The zero-order valence-corrected chi connectivity index (χ0v) is 12.2.